The quantitative estimate of drug-likeness (QED) is 0.594. The van der Waals surface area contributed by atoms with Gasteiger partial charge in [0.1, 0.15) is 0 Å². The molecule has 1 N–H and O–H groups in total. The van der Waals surface area contributed by atoms with Crippen molar-refractivity contribution in [3.05, 3.63) is 77.5 Å². The summed E-state index contributed by atoms with van der Waals surface area (Å²) in [5, 5.41) is 4.92. The zero-order chi connectivity index (χ0) is 15.4. The van der Waals surface area contributed by atoms with Crippen LogP contribution in [0.15, 0.2) is 65.9 Å². The van der Waals surface area contributed by atoms with Gasteiger partial charge in [-0.25, -0.2) is 5.43 Å². The van der Waals surface area contributed by atoms with Gasteiger partial charge in [0.05, 0.1) is 11.7 Å². The summed E-state index contributed by atoms with van der Waals surface area (Å²) in [4.78, 5) is 16.3. The van der Waals surface area contributed by atoms with Crippen LogP contribution >= 0.6 is 0 Å². The molecular weight excluding hydrogens is 274 g/mol. The van der Waals surface area contributed by atoms with Gasteiger partial charge < -0.3 is 0 Å². The van der Waals surface area contributed by atoms with E-state index >= 15 is 0 Å². The number of aromatic nitrogens is 1. The van der Waals surface area contributed by atoms with Gasteiger partial charge in [0.15, 0.2) is 0 Å². The molecule has 0 fully saturated rings. The first kappa shape index (κ1) is 13.9. The van der Waals surface area contributed by atoms with Gasteiger partial charge >= 0.3 is 0 Å². The van der Waals surface area contributed by atoms with E-state index < -0.39 is 0 Å². The average molecular weight is 289 g/mol. The summed E-state index contributed by atoms with van der Waals surface area (Å²) in [6.07, 6.45) is 3.36. The summed E-state index contributed by atoms with van der Waals surface area (Å²) >= 11 is 0. The Hall–Kier alpha value is -3.01. The maximum absolute atomic E-state index is 12.1. The van der Waals surface area contributed by atoms with E-state index in [1.54, 1.807) is 24.5 Å². The Bertz CT molecular complexity index is 838. The number of carbonyl (C=O) groups is 1. The molecule has 0 aliphatic heterocycles. The van der Waals surface area contributed by atoms with Crippen LogP contribution in [0.4, 0.5) is 0 Å². The van der Waals surface area contributed by atoms with Crippen molar-refractivity contribution in [3.8, 4) is 0 Å². The summed E-state index contributed by atoms with van der Waals surface area (Å²) in [6, 6.07) is 17.0. The number of benzene rings is 2. The number of fused-ring (bicyclic) bond motifs is 1. The number of amides is 1. The molecule has 1 amide bonds. The lowest BCUT2D eigenvalue weighted by molar-refractivity contribution is 0.0955. The third kappa shape index (κ3) is 3.17. The maximum atomic E-state index is 12.1. The molecular formula is C18H15N3O. The van der Waals surface area contributed by atoms with Gasteiger partial charge in [-0.1, -0.05) is 35.9 Å². The van der Waals surface area contributed by atoms with Crippen molar-refractivity contribution in [2.45, 2.75) is 6.92 Å². The lowest BCUT2D eigenvalue weighted by Gasteiger charge is -2.02. The Morgan fingerprint density at radius 3 is 2.77 bits per heavy atom. The van der Waals surface area contributed by atoms with Crippen LogP contribution in [0.25, 0.3) is 10.9 Å². The first-order valence-electron chi connectivity index (χ1n) is 6.97. The van der Waals surface area contributed by atoms with E-state index in [2.05, 4.69) is 15.5 Å². The number of nitrogens with zero attached hydrogens (tertiary/aromatic N) is 2. The molecule has 22 heavy (non-hydrogen) atoms. The molecule has 0 bridgehead atoms. The molecule has 0 aliphatic carbocycles. The fourth-order valence-electron chi connectivity index (χ4n) is 2.10. The van der Waals surface area contributed by atoms with E-state index in [1.165, 1.54) is 5.56 Å². The van der Waals surface area contributed by atoms with Gasteiger partial charge in [-0.2, -0.15) is 5.10 Å². The van der Waals surface area contributed by atoms with Gasteiger partial charge in [-0.3, -0.25) is 9.78 Å². The highest BCUT2D eigenvalue weighted by Gasteiger charge is 2.05. The van der Waals surface area contributed by atoms with E-state index in [0.717, 1.165) is 16.5 Å². The largest absolute Gasteiger partial charge is 0.271 e. The molecule has 3 aromatic rings. The van der Waals surface area contributed by atoms with Crippen LogP contribution in [0, 0.1) is 6.92 Å². The van der Waals surface area contributed by atoms with Crippen LogP contribution in [0.2, 0.25) is 0 Å². The molecule has 0 aliphatic rings. The maximum Gasteiger partial charge on any atom is 0.271 e. The van der Waals surface area contributed by atoms with Crippen molar-refractivity contribution >= 4 is 23.0 Å². The van der Waals surface area contributed by atoms with Gasteiger partial charge in [-0.15, -0.1) is 0 Å². The second-order valence-electron chi connectivity index (χ2n) is 5.02. The average Bonchev–Trinajstić information content (AvgIpc) is 2.56. The smallest absolute Gasteiger partial charge is 0.267 e. The highest BCUT2D eigenvalue weighted by atomic mass is 16.2. The van der Waals surface area contributed by atoms with Gasteiger partial charge in [0.25, 0.3) is 5.91 Å². The van der Waals surface area contributed by atoms with Crippen LogP contribution in [0.3, 0.4) is 0 Å². The predicted octanol–water partition coefficient (Wildman–Crippen LogP) is 3.31. The predicted molar refractivity (Wildman–Crippen MR) is 88.0 cm³/mol. The SMILES string of the molecule is Cc1ccc(/C=N\NC(=O)c2ccc3ncccc3c2)cc1. The highest BCUT2D eigenvalue weighted by Crippen LogP contribution is 2.13. The summed E-state index contributed by atoms with van der Waals surface area (Å²) < 4.78 is 0. The first-order chi connectivity index (χ1) is 10.7. The Morgan fingerprint density at radius 1 is 1.14 bits per heavy atom. The van der Waals surface area contributed by atoms with Crippen LogP contribution in [0.5, 0.6) is 0 Å². The summed E-state index contributed by atoms with van der Waals surface area (Å²) in [6.45, 7) is 2.03. The Balaban J connectivity index is 1.71. The highest BCUT2D eigenvalue weighted by molar-refractivity contribution is 5.98. The number of nitrogens with one attached hydrogen (secondary N) is 1. The number of aryl methyl sites for hydroxylation is 1. The van der Waals surface area contributed by atoms with Crippen molar-refractivity contribution < 1.29 is 4.79 Å². The molecule has 2 aromatic carbocycles. The molecule has 1 heterocycles. The second-order valence-corrected chi connectivity index (χ2v) is 5.02. The zero-order valence-electron chi connectivity index (χ0n) is 12.2. The van der Waals surface area contributed by atoms with E-state index in [1.807, 2.05) is 49.4 Å². The summed E-state index contributed by atoms with van der Waals surface area (Å²) in [5.74, 6) is -0.242. The minimum atomic E-state index is -0.242. The molecule has 0 radical (unpaired) electrons. The lowest BCUT2D eigenvalue weighted by atomic mass is 10.1. The molecule has 108 valence electrons. The molecule has 0 unspecified atom stereocenters. The van der Waals surface area contributed by atoms with Gasteiger partial charge in [0, 0.05) is 17.1 Å². The molecule has 0 saturated heterocycles. The Morgan fingerprint density at radius 2 is 1.95 bits per heavy atom. The minimum Gasteiger partial charge on any atom is -0.267 e. The third-order valence-electron chi connectivity index (χ3n) is 3.32. The normalized spacial score (nSPS) is 11.0. The zero-order valence-corrected chi connectivity index (χ0v) is 12.2. The monoisotopic (exact) mass is 289 g/mol. The molecule has 4 heteroatoms. The number of carbonyl (C=O) groups excluding carboxylic acids is 1. The van der Waals surface area contributed by atoms with Crippen LogP contribution in [-0.2, 0) is 0 Å². The molecule has 0 atom stereocenters. The van der Waals surface area contributed by atoms with E-state index in [9.17, 15) is 4.79 Å². The number of hydrogen-bond acceptors (Lipinski definition) is 3. The minimum absolute atomic E-state index is 0.242. The topological polar surface area (TPSA) is 54.4 Å². The Labute approximate surface area is 128 Å². The Kier molecular flexibility index (Phi) is 3.92. The number of rotatable bonds is 3. The van der Waals surface area contributed by atoms with Crippen molar-refractivity contribution in [1.29, 1.82) is 0 Å². The number of hydrogen-bond donors (Lipinski definition) is 1. The fourth-order valence-corrected chi connectivity index (χ4v) is 2.10. The van der Waals surface area contributed by atoms with Gasteiger partial charge in [-0.05, 0) is 36.8 Å². The molecule has 4 nitrogen and oxygen atoms in total. The summed E-state index contributed by atoms with van der Waals surface area (Å²) in [5.41, 5.74) is 6.08. The third-order valence-corrected chi connectivity index (χ3v) is 3.32. The van der Waals surface area contributed by atoms with Crippen molar-refractivity contribution in [2.24, 2.45) is 5.10 Å². The lowest BCUT2D eigenvalue weighted by Crippen LogP contribution is -2.17. The number of hydrazone groups is 1. The molecule has 1 aromatic heterocycles. The second kappa shape index (κ2) is 6.18. The molecule has 3 rings (SSSR count). The standard InChI is InChI=1S/C18H15N3O/c1-13-4-6-14(7-5-13)12-20-21-18(22)16-8-9-17-15(11-16)3-2-10-19-17/h2-12H,1H3,(H,21,22)/b20-12-. The molecule has 0 saturated carbocycles. The van der Waals surface area contributed by atoms with E-state index in [0.29, 0.717) is 5.56 Å². The fraction of sp³-hybridized carbons (Fsp3) is 0.0556. The van der Waals surface area contributed by atoms with E-state index in [4.69, 9.17) is 0 Å². The van der Waals surface area contributed by atoms with Crippen LogP contribution in [-0.4, -0.2) is 17.1 Å². The van der Waals surface area contributed by atoms with Crippen molar-refractivity contribution in [1.82, 2.24) is 10.4 Å². The number of pyridine rings is 1. The van der Waals surface area contributed by atoms with Crippen LogP contribution in [0.1, 0.15) is 21.5 Å². The van der Waals surface area contributed by atoms with Gasteiger partial charge in [0.2, 0.25) is 0 Å². The summed E-state index contributed by atoms with van der Waals surface area (Å²) in [7, 11) is 0. The van der Waals surface area contributed by atoms with Crippen molar-refractivity contribution in [2.75, 3.05) is 0 Å². The first-order valence-corrected chi connectivity index (χ1v) is 6.97. The van der Waals surface area contributed by atoms with E-state index in [-0.39, 0.29) is 5.91 Å². The molecule has 0 spiro atoms. The van der Waals surface area contributed by atoms with Crippen LogP contribution < -0.4 is 5.43 Å². The van der Waals surface area contributed by atoms with Crippen molar-refractivity contribution in [3.63, 3.8) is 0 Å².